The summed E-state index contributed by atoms with van der Waals surface area (Å²) in [5.41, 5.74) is 8.83. The Morgan fingerprint density at radius 2 is 1.48 bits per heavy atom. The Morgan fingerprint density at radius 1 is 0.957 bits per heavy atom. The van der Waals surface area contributed by atoms with E-state index in [0.717, 1.165) is 16.6 Å². The second kappa shape index (κ2) is 8.88. The monoisotopic (exact) mass is 352 g/mol. The van der Waals surface area contributed by atoms with Gasteiger partial charge in [0.1, 0.15) is 11.0 Å². The van der Waals surface area contributed by atoms with Crippen LogP contribution in [0.5, 0.6) is 0 Å². The minimum Gasteiger partial charge on any atom is -0.389 e. The van der Waals surface area contributed by atoms with E-state index in [1.807, 2.05) is 54.6 Å². The van der Waals surface area contributed by atoms with Crippen molar-refractivity contribution in [2.45, 2.75) is 25.1 Å². The number of fused-ring (bicyclic) bond motifs is 1. The molecule has 0 spiro atoms. The van der Waals surface area contributed by atoms with Gasteiger partial charge in [0.15, 0.2) is 0 Å². The molecular formula is C16H21ClN4OS. The maximum Gasteiger partial charge on any atom is 0.113 e. The Kier molecular flexibility index (Phi) is 7.51. The second-order valence-electron chi connectivity index (χ2n) is 5.16. The normalized spacial score (nSPS) is 13.0. The molecule has 3 rings (SSSR count). The number of halogens is 1. The number of hydrogen-bond donors (Lipinski definition) is 2. The lowest BCUT2D eigenvalue weighted by atomic mass is 10.0. The quantitative estimate of drug-likeness (QED) is 0.735. The van der Waals surface area contributed by atoms with Gasteiger partial charge in [-0.2, -0.15) is 28.5 Å². The summed E-state index contributed by atoms with van der Waals surface area (Å²) in [6, 6.07) is 17.2. The lowest BCUT2D eigenvalue weighted by Gasteiger charge is -2.18. The average Bonchev–Trinajstić information content (AvgIpc) is 2.90. The van der Waals surface area contributed by atoms with Crippen molar-refractivity contribution in [3.05, 3.63) is 60.2 Å². The average molecular weight is 353 g/mol. The molecule has 0 aliphatic carbocycles. The van der Waals surface area contributed by atoms with Crippen molar-refractivity contribution in [1.82, 2.24) is 15.0 Å². The highest BCUT2D eigenvalue weighted by atomic mass is 35.5. The van der Waals surface area contributed by atoms with Crippen LogP contribution in [0.15, 0.2) is 54.6 Å². The van der Waals surface area contributed by atoms with Gasteiger partial charge in [-0.15, -0.1) is 12.4 Å². The number of nitrogens with zero attached hydrogens (tertiary/aromatic N) is 3. The predicted octanol–water partition coefficient (Wildman–Crippen LogP) is 1.90. The summed E-state index contributed by atoms with van der Waals surface area (Å²) in [6.45, 7) is 0.294. The maximum absolute atomic E-state index is 10.2. The standard InChI is InChI=1S/C16H18N4O.ClH.H2S/c17-13(10-12-6-2-1-3-7-12)16(21)11-20-18-14-8-4-5-9-15(14)19-20;;/h1-9,13,16,21H,10-11,17H2;1H;1H2/t13-,16+;;/m1../s1. The van der Waals surface area contributed by atoms with Gasteiger partial charge in [-0.3, -0.25) is 0 Å². The van der Waals surface area contributed by atoms with Gasteiger partial charge in [-0.05, 0) is 24.1 Å². The number of nitrogens with two attached hydrogens (primary N) is 1. The third-order valence-corrected chi connectivity index (χ3v) is 3.49. The topological polar surface area (TPSA) is 77.0 Å². The van der Waals surface area contributed by atoms with E-state index in [2.05, 4.69) is 10.2 Å². The van der Waals surface area contributed by atoms with E-state index in [4.69, 9.17) is 5.73 Å². The SMILES string of the molecule is Cl.N[C@H](Cc1ccccc1)[C@@H](O)Cn1nc2ccccc2n1.S. The Bertz CT molecular complexity index is 689. The molecule has 0 bridgehead atoms. The molecule has 2 atom stereocenters. The number of rotatable bonds is 5. The van der Waals surface area contributed by atoms with Crippen LogP contribution in [-0.2, 0) is 13.0 Å². The molecule has 0 fully saturated rings. The first kappa shape index (κ1) is 19.4. The summed E-state index contributed by atoms with van der Waals surface area (Å²) in [6.07, 6.45) is -0.0602. The van der Waals surface area contributed by atoms with Crippen molar-refractivity contribution in [1.29, 1.82) is 0 Å². The summed E-state index contributed by atoms with van der Waals surface area (Å²) in [5.74, 6) is 0. The molecule has 23 heavy (non-hydrogen) atoms. The summed E-state index contributed by atoms with van der Waals surface area (Å²) in [5, 5.41) is 18.9. The van der Waals surface area contributed by atoms with Gasteiger partial charge >= 0.3 is 0 Å². The summed E-state index contributed by atoms with van der Waals surface area (Å²) >= 11 is 0. The van der Waals surface area contributed by atoms with E-state index in [-0.39, 0.29) is 31.9 Å². The minimum absolute atomic E-state index is 0. The van der Waals surface area contributed by atoms with Gasteiger partial charge in [0.2, 0.25) is 0 Å². The van der Waals surface area contributed by atoms with Gasteiger partial charge in [0, 0.05) is 6.04 Å². The van der Waals surface area contributed by atoms with Crippen LogP contribution in [0, 0.1) is 0 Å². The van der Waals surface area contributed by atoms with E-state index in [0.29, 0.717) is 13.0 Å². The molecule has 124 valence electrons. The third-order valence-electron chi connectivity index (χ3n) is 3.49. The van der Waals surface area contributed by atoms with Crippen molar-refractivity contribution in [2.75, 3.05) is 0 Å². The molecule has 0 radical (unpaired) electrons. The fourth-order valence-electron chi connectivity index (χ4n) is 2.31. The van der Waals surface area contributed by atoms with Crippen molar-refractivity contribution in [3.63, 3.8) is 0 Å². The number of aromatic nitrogens is 3. The van der Waals surface area contributed by atoms with E-state index in [9.17, 15) is 5.11 Å². The maximum atomic E-state index is 10.2. The van der Waals surface area contributed by atoms with Crippen LogP contribution in [0.1, 0.15) is 5.56 Å². The summed E-state index contributed by atoms with van der Waals surface area (Å²) in [7, 11) is 0. The molecule has 2 aromatic carbocycles. The molecule has 0 aliphatic heterocycles. The van der Waals surface area contributed by atoms with Crippen LogP contribution >= 0.6 is 25.9 Å². The van der Waals surface area contributed by atoms with Crippen LogP contribution in [0.3, 0.4) is 0 Å². The highest BCUT2D eigenvalue weighted by Crippen LogP contribution is 2.09. The Balaban J connectivity index is 0.00000132. The first-order valence-electron chi connectivity index (χ1n) is 7.00. The molecule has 7 heteroatoms. The molecule has 1 heterocycles. The van der Waals surface area contributed by atoms with E-state index < -0.39 is 6.10 Å². The Labute approximate surface area is 148 Å². The molecular weight excluding hydrogens is 332 g/mol. The first-order chi connectivity index (χ1) is 10.2. The fourth-order valence-corrected chi connectivity index (χ4v) is 2.31. The van der Waals surface area contributed by atoms with Crippen LogP contribution in [0.25, 0.3) is 11.0 Å². The largest absolute Gasteiger partial charge is 0.389 e. The Hall–Kier alpha value is -1.60. The number of benzene rings is 2. The van der Waals surface area contributed by atoms with Gasteiger partial charge in [0.05, 0.1) is 12.6 Å². The van der Waals surface area contributed by atoms with Gasteiger partial charge in [-0.1, -0.05) is 42.5 Å². The van der Waals surface area contributed by atoms with E-state index in [1.165, 1.54) is 4.80 Å². The molecule has 3 N–H and O–H groups in total. The molecule has 0 saturated heterocycles. The second-order valence-corrected chi connectivity index (χ2v) is 5.16. The zero-order valence-corrected chi connectivity index (χ0v) is 14.4. The van der Waals surface area contributed by atoms with Crippen LogP contribution in [0.2, 0.25) is 0 Å². The molecule has 3 aromatic rings. The number of hydrogen-bond acceptors (Lipinski definition) is 4. The summed E-state index contributed by atoms with van der Waals surface area (Å²) in [4.78, 5) is 1.51. The van der Waals surface area contributed by atoms with Gasteiger partial charge in [0.25, 0.3) is 0 Å². The fraction of sp³-hybridized carbons (Fsp3) is 0.250. The smallest absolute Gasteiger partial charge is 0.113 e. The molecule has 5 nitrogen and oxygen atoms in total. The Morgan fingerprint density at radius 3 is 2.04 bits per heavy atom. The zero-order valence-electron chi connectivity index (χ0n) is 12.5. The molecule has 1 aromatic heterocycles. The summed E-state index contributed by atoms with van der Waals surface area (Å²) < 4.78 is 0. The minimum atomic E-state index is -0.688. The first-order valence-corrected chi connectivity index (χ1v) is 7.00. The van der Waals surface area contributed by atoms with Crippen molar-refractivity contribution >= 4 is 36.9 Å². The van der Waals surface area contributed by atoms with Gasteiger partial charge < -0.3 is 10.8 Å². The zero-order chi connectivity index (χ0) is 14.7. The molecule has 0 aliphatic rings. The highest BCUT2D eigenvalue weighted by Gasteiger charge is 2.17. The molecule has 0 amide bonds. The van der Waals surface area contributed by atoms with Crippen molar-refractivity contribution in [2.24, 2.45) is 5.73 Å². The van der Waals surface area contributed by atoms with Crippen LogP contribution in [0.4, 0.5) is 0 Å². The lowest BCUT2D eigenvalue weighted by molar-refractivity contribution is 0.116. The highest BCUT2D eigenvalue weighted by molar-refractivity contribution is 7.59. The van der Waals surface area contributed by atoms with Crippen LogP contribution in [-0.4, -0.2) is 32.2 Å². The van der Waals surface area contributed by atoms with Crippen molar-refractivity contribution < 1.29 is 5.11 Å². The predicted molar refractivity (Wildman–Crippen MR) is 99.3 cm³/mol. The van der Waals surface area contributed by atoms with E-state index >= 15 is 0 Å². The molecule has 0 unspecified atom stereocenters. The number of aliphatic hydroxyl groups is 1. The lowest BCUT2D eigenvalue weighted by Crippen LogP contribution is -2.39. The van der Waals surface area contributed by atoms with Gasteiger partial charge in [-0.25, -0.2) is 0 Å². The van der Waals surface area contributed by atoms with Crippen LogP contribution < -0.4 is 5.73 Å². The molecule has 0 saturated carbocycles. The number of aliphatic hydroxyl groups excluding tert-OH is 1. The van der Waals surface area contributed by atoms with Crippen molar-refractivity contribution in [3.8, 4) is 0 Å². The third kappa shape index (κ3) is 4.94. The van der Waals surface area contributed by atoms with E-state index in [1.54, 1.807) is 0 Å².